The number of hydrogen-bond acceptors (Lipinski definition) is 3. The van der Waals surface area contributed by atoms with Crippen LogP contribution >= 0.6 is 0 Å². The summed E-state index contributed by atoms with van der Waals surface area (Å²) in [6, 6.07) is 1.97. The van der Waals surface area contributed by atoms with Crippen LogP contribution in [0.25, 0.3) is 11.3 Å². The molecule has 1 aliphatic heterocycles. The molecule has 150 valence electrons. The highest BCUT2D eigenvalue weighted by molar-refractivity contribution is 5.96. The van der Waals surface area contributed by atoms with Gasteiger partial charge in [-0.3, -0.25) is 4.79 Å². The van der Waals surface area contributed by atoms with E-state index >= 15 is 0 Å². The van der Waals surface area contributed by atoms with Gasteiger partial charge in [0.1, 0.15) is 6.61 Å². The van der Waals surface area contributed by atoms with E-state index in [9.17, 15) is 22.4 Å². The topological polar surface area (TPSA) is 56.2 Å². The van der Waals surface area contributed by atoms with Gasteiger partial charge in [-0.2, -0.15) is 13.2 Å². The van der Waals surface area contributed by atoms with Crippen molar-refractivity contribution in [3.05, 3.63) is 36.0 Å². The maximum absolute atomic E-state index is 14.6. The number of nitrogens with one attached hydrogen (secondary N) is 1. The third kappa shape index (κ3) is 3.57. The number of aromatic nitrogens is 2. The van der Waals surface area contributed by atoms with E-state index in [1.807, 2.05) is 0 Å². The third-order valence-corrected chi connectivity index (χ3v) is 5.34. The number of alkyl halides is 3. The average molecular weight is 397 g/mol. The molecule has 2 unspecified atom stereocenters. The molecule has 1 fully saturated rings. The van der Waals surface area contributed by atoms with Gasteiger partial charge in [-0.05, 0) is 31.4 Å². The van der Waals surface area contributed by atoms with Crippen LogP contribution in [0.5, 0.6) is 5.75 Å². The predicted molar refractivity (Wildman–Crippen MR) is 92.4 cm³/mol. The van der Waals surface area contributed by atoms with Gasteiger partial charge in [0.2, 0.25) is 0 Å². The lowest BCUT2D eigenvalue weighted by Gasteiger charge is -2.31. The zero-order valence-corrected chi connectivity index (χ0v) is 14.9. The van der Waals surface area contributed by atoms with Crippen LogP contribution in [-0.2, 0) is 6.54 Å². The average Bonchev–Trinajstić information content (AvgIpc) is 3.03. The molecule has 1 aromatic heterocycles. The first kappa shape index (κ1) is 18.8. The van der Waals surface area contributed by atoms with Gasteiger partial charge in [0.15, 0.2) is 11.6 Å². The summed E-state index contributed by atoms with van der Waals surface area (Å²) < 4.78 is 60.8. The van der Waals surface area contributed by atoms with Crippen LogP contribution in [0.1, 0.15) is 36.0 Å². The van der Waals surface area contributed by atoms with Crippen LogP contribution in [0.2, 0.25) is 0 Å². The van der Waals surface area contributed by atoms with E-state index in [2.05, 4.69) is 10.3 Å². The maximum Gasteiger partial charge on any atom is 0.391 e. The Labute approximate surface area is 158 Å². The highest BCUT2D eigenvalue weighted by atomic mass is 19.4. The fourth-order valence-electron chi connectivity index (χ4n) is 3.92. The minimum atomic E-state index is -4.27. The van der Waals surface area contributed by atoms with Gasteiger partial charge in [-0.1, -0.05) is 6.42 Å². The number of benzene rings is 1. The van der Waals surface area contributed by atoms with E-state index in [1.54, 1.807) is 17.1 Å². The van der Waals surface area contributed by atoms with Crippen molar-refractivity contribution in [3.63, 3.8) is 0 Å². The molecule has 2 heterocycles. The molecule has 9 heteroatoms. The quantitative estimate of drug-likeness (QED) is 0.782. The molecule has 28 heavy (non-hydrogen) atoms. The number of halogens is 4. The van der Waals surface area contributed by atoms with Crippen molar-refractivity contribution in [2.45, 2.75) is 44.4 Å². The number of ether oxygens (including phenoxy) is 1. The van der Waals surface area contributed by atoms with Crippen molar-refractivity contribution in [2.24, 2.45) is 5.92 Å². The van der Waals surface area contributed by atoms with Crippen LogP contribution in [0.15, 0.2) is 24.7 Å². The second-order valence-electron chi connectivity index (χ2n) is 7.23. The minimum Gasteiger partial charge on any atom is -0.488 e. The smallest absolute Gasteiger partial charge is 0.391 e. The summed E-state index contributed by atoms with van der Waals surface area (Å²) in [5, 5.41) is 2.64. The monoisotopic (exact) mass is 397 g/mol. The minimum absolute atomic E-state index is 0.0450. The first-order chi connectivity index (χ1) is 13.3. The summed E-state index contributed by atoms with van der Waals surface area (Å²) in [5.41, 5.74) is 1.07. The molecule has 4 rings (SSSR count). The number of imidazole rings is 1. The van der Waals surface area contributed by atoms with Gasteiger partial charge in [-0.25, -0.2) is 9.37 Å². The summed E-state index contributed by atoms with van der Waals surface area (Å²) in [4.78, 5) is 16.7. The molecule has 1 aliphatic carbocycles. The van der Waals surface area contributed by atoms with Crippen LogP contribution in [0, 0.1) is 11.7 Å². The Balaban J connectivity index is 1.57. The van der Waals surface area contributed by atoms with Gasteiger partial charge < -0.3 is 14.6 Å². The normalized spacial score (nSPS) is 21.9. The Kier molecular flexibility index (Phi) is 4.76. The summed E-state index contributed by atoms with van der Waals surface area (Å²) in [6.07, 6.45) is -0.331. The van der Waals surface area contributed by atoms with Crippen molar-refractivity contribution in [1.82, 2.24) is 14.9 Å². The Hall–Kier alpha value is -2.58. The zero-order valence-electron chi connectivity index (χ0n) is 14.9. The highest BCUT2D eigenvalue weighted by Gasteiger charge is 2.42. The van der Waals surface area contributed by atoms with Crippen LogP contribution in [0.3, 0.4) is 0 Å². The third-order valence-electron chi connectivity index (χ3n) is 5.34. The van der Waals surface area contributed by atoms with Crippen molar-refractivity contribution in [2.75, 3.05) is 6.61 Å². The lowest BCUT2D eigenvalue weighted by atomic mass is 9.85. The molecule has 1 amide bonds. The van der Waals surface area contributed by atoms with E-state index < -0.39 is 29.9 Å². The van der Waals surface area contributed by atoms with E-state index in [4.69, 9.17) is 4.74 Å². The Morgan fingerprint density at radius 3 is 2.89 bits per heavy atom. The van der Waals surface area contributed by atoms with Crippen molar-refractivity contribution in [1.29, 1.82) is 0 Å². The molecule has 2 aromatic rings. The van der Waals surface area contributed by atoms with Crippen molar-refractivity contribution in [3.8, 4) is 17.0 Å². The molecule has 0 spiro atoms. The molecule has 2 atom stereocenters. The van der Waals surface area contributed by atoms with Gasteiger partial charge in [-0.15, -0.1) is 0 Å². The standard InChI is InChI=1S/C19H19F4N3O2/c20-15-7-11(6-14-16-9-24-10-26(16)4-5-28-17(14)15)18(27)25-13-3-1-2-12(8-13)19(21,22)23/h6-7,9-10,12-13H,1-5,8H2,(H,25,27). The fourth-order valence-corrected chi connectivity index (χ4v) is 3.92. The lowest BCUT2D eigenvalue weighted by molar-refractivity contribution is -0.183. The number of carbonyl (C=O) groups excluding carboxylic acids is 1. The first-order valence-electron chi connectivity index (χ1n) is 9.17. The molecule has 1 saturated carbocycles. The summed E-state index contributed by atoms with van der Waals surface area (Å²) in [6.45, 7) is 0.756. The second-order valence-corrected chi connectivity index (χ2v) is 7.23. The van der Waals surface area contributed by atoms with E-state index in [-0.39, 0.29) is 30.8 Å². The molecule has 2 aliphatic rings. The number of nitrogens with zero attached hydrogens (tertiary/aromatic N) is 2. The number of fused-ring (bicyclic) bond motifs is 3. The van der Waals surface area contributed by atoms with Crippen LogP contribution < -0.4 is 10.1 Å². The van der Waals surface area contributed by atoms with Gasteiger partial charge in [0.25, 0.3) is 5.91 Å². The highest BCUT2D eigenvalue weighted by Crippen LogP contribution is 2.38. The molecule has 1 N–H and O–H groups in total. The summed E-state index contributed by atoms with van der Waals surface area (Å²) >= 11 is 0. The zero-order chi connectivity index (χ0) is 19.9. The Morgan fingerprint density at radius 1 is 1.29 bits per heavy atom. The summed E-state index contributed by atoms with van der Waals surface area (Å²) in [7, 11) is 0. The first-order valence-corrected chi connectivity index (χ1v) is 9.17. The van der Waals surface area contributed by atoms with E-state index in [0.29, 0.717) is 30.6 Å². The summed E-state index contributed by atoms with van der Waals surface area (Å²) in [5.74, 6) is -2.65. The maximum atomic E-state index is 14.6. The SMILES string of the molecule is O=C(NC1CCCC(C(F)(F)F)C1)c1cc(F)c2c(c1)-c1cncn1CCO2. The number of hydrogen-bond donors (Lipinski definition) is 1. The molecule has 0 bridgehead atoms. The second kappa shape index (κ2) is 7.10. The van der Waals surface area contributed by atoms with Gasteiger partial charge >= 0.3 is 6.18 Å². The molecule has 1 aromatic carbocycles. The fraction of sp³-hybridized carbons (Fsp3) is 0.474. The Bertz CT molecular complexity index is 894. The lowest BCUT2D eigenvalue weighted by Crippen LogP contribution is -2.41. The van der Waals surface area contributed by atoms with E-state index in [0.717, 1.165) is 6.07 Å². The molecule has 0 radical (unpaired) electrons. The molecular formula is C19H19F4N3O2. The van der Waals surface area contributed by atoms with Crippen molar-refractivity contribution >= 4 is 5.91 Å². The number of carbonyl (C=O) groups is 1. The van der Waals surface area contributed by atoms with Gasteiger partial charge in [0.05, 0.1) is 30.7 Å². The van der Waals surface area contributed by atoms with Crippen molar-refractivity contribution < 1.29 is 27.1 Å². The number of amides is 1. The largest absolute Gasteiger partial charge is 0.488 e. The van der Waals surface area contributed by atoms with Crippen LogP contribution in [0.4, 0.5) is 17.6 Å². The molecule has 5 nitrogen and oxygen atoms in total. The molecular weight excluding hydrogens is 378 g/mol. The predicted octanol–water partition coefficient (Wildman–Crippen LogP) is 3.93. The van der Waals surface area contributed by atoms with Crippen LogP contribution in [-0.4, -0.2) is 34.3 Å². The van der Waals surface area contributed by atoms with E-state index in [1.165, 1.54) is 6.07 Å². The van der Waals surface area contributed by atoms with Gasteiger partial charge in [0, 0.05) is 17.2 Å². The number of rotatable bonds is 2. The Morgan fingerprint density at radius 2 is 2.11 bits per heavy atom. The molecule has 0 saturated heterocycles.